The Morgan fingerprint density at radius 2 is 1.88 bits per heavy atom. The second-order valence-electron chi connectivity index (χ2n) is 5.76. The number of benzene rings is 1. The molecule has 0 aliphatic rings. The molecule has 2 heterocycles. The Hall–Kier alpha value is -2.38. The smallest absolute Gasteiger partial charge is 0.221 e. The van der Waals surface area contributed by atoms with Gasteiger partial charge < -0.3 is 9.73 Å². The van der Waals surface area contributed by atoms with E-state index < -0.39 is 9.84 Å². The van der Waals surface area contributed by atoms with Crippen LogP contribution in [0, 0.1) is 0 Å². The molecule has 3 rings (SSSR count). The summed E-state index contributed by atoms with van der Waals surface area (Å²) in [6, 6.07) is 14.2. The number of nitrogens with one attached hydrogen (secondary N) is 1. The normalized spacial score (nSPS) is 11.4. The summed E-state index contributed by atoms with van der Waals surface area (Å²) >= 11 is 1.65. The van der Waals surface area contributed by atoms with Gasteiger partial charge in [0.1, 0.15) is 0 Å². The molecule has 2 aromatic heterocycles. The van der Waals surface area contributed by atoms with E-state index in [1.165, 1.54) is 0 Å². The van der Waals surface area contributed by atoms with E-state index in [1.54, 1.807) is 54.2 Å². The first kappa shape index (κ1) is 18.4. The second-order valence-corrected chi connectivity index (χ2v) is 9.04. The third kappa shape index (κ3) is 4.83. The molecule has 0 fully saturated rings. The summed E-state index contributed by atoms with van der Waals surface area (Å²) in [7, 11) is -3.42. The van der Waals surface area contributed by atoms with Crippen LogP contribution in [0.2, 0.25) is 0 Å². The first-order valence-corrected chi connectivity index (χ1v) is 10.7. The summed E-state index contributed by atoms with van der Waals surface area (Å²) in [5, 5.41) is 2.78. The third-order valence-corrected chi connectivity index (χ3v) is 6.79. The van der Waals surface area contributed by atoms with E-state index in [-0.39, 0.29) is 23.0 Å². The van der Waals surface area contributed by atoms with Crippen LogP contribution in [-0.2, 0) is 21.1 Å². The van der Waals surface area contributed by atoms with Gasteiger partial charge in [-0.2, -0.15) is 0 Å². The Bertz CT molecular complexity index is 945. The van der Waals surface area contributed by atoms with Gasteiger partial charge in [0.15, 0.2) is 9.84 Å². The number of hydrogen-bond donors (Lipinski definition) is 1. The standard InChI is InChI=1S/C19H19NO4S2/c21-19(10-13-26(22,23)17-4-2-1-3-5-17)20-11-8-16-6-7-18(25-16)15-9-12-24-14-15/h1-7,9,12,14H,8,10-11,13H2,(H,20,21). The molecule has 0 unspecified atom stereocenters. The minimum Gasteiger partial charge on any atom is -0.472 e. The topological polar surface area (TPSA) is 76.4 Å². The van der Waals surface area contributed by atoms with Crippen LogP contribution in [0.15, 0.2) is 70.4 Å². The van der Waals surface area contributed by atoms with Crippen molar-refractivity contribution in [2.75, 3.05) is 12.3 Å². The number of hydrogen-bond acceptors (Lipinski definition) is 5. The average molecular weight is 389 g/mol. The van der Waals surface area contributed by atoms with Crippen molar-refractivity contribution < 1.29 is 17.6 Å². The summed E-state index contributed by atoms with van der Waals surface area (Å²) in [6.07, 6.45) is 4.00. The Morgan fingerprint density at radius 1 is 1.08 bits per heavy atom. The molecule has 0 saturated heterocycles. The van der Waals surface area contributed by atoms with Crippen molar-refractivity contribution in [3.05, 3.63) is 65.9 Å². The Kier molecular flexibility index (Phi) is 5.90. The van der Waals surface area contributed by atoms with Gasteiger partial charge in [-0.1, -0.05) is 18.2 Å². The zero-order valence-electron chi connectivity index (χ0n) is 14.1. The van der Waals surface area contributed by atoms with Crippen molar-refractivity contribution >= 4 is 27.1 Å². The van der Waals surface area contributed by atoms with Gasteiger partial charge in [-0.15, -0.1) is 11.3 Å². The first-order chi connectivity index (χ1) is 12.5. The van der Waals surface area contributed by atoms with E-state index in [4.69, 9.17) is 4.42 Å². The molecule has 3 aromatic rings. The van der Waals surface area contributed by atoms with Gasteiger partial charge in [0, 0.05) is 28.3 Å². The minimum absolute atomic E-state index is 0.0397. The fourth-order valence-electron chi connectivity index (χ4n) is 2.46. The predicted molar refractivity (Wildman–Crippen MR) is 102 cm³/mol. The first-order valence-electron chi connectivity index (χ1n) is 8.20. The van der Waals surface area contributed by atoms with E-state index in [0.717, 1.165) is 15.3 Å². The summed E-state index contributed by atoms with van der Waals surface area (Å²) in [5.74, 6) is -0.442. The highest BCUT2D eigenvalue weighted by atomic mass is 32.2. The van der Waals surface area contributed by atoms with Crippen LogP contribution in [0.5, 0.6) is 0 Å². The number of amides is 1. The zero-order chi connectivity index (χ0) is 18.4. The van der Waals surface area contributed by atoms with Crippen molar-refractivity contribution in [3.8, 4) is 10.4 Å². The Balaban J connectivity index is 1.43. The van der Waals surface area contributed by atoms with Gasteiger partial charge in [0.05, 0.1) is 23.2 Å². The molecule has 0 aliphatic carbocycles. The van der Waals surface area contributed by atoms with Crippen molar-refractivity contribution in [2.24, 2.45) is 0 Å². The minimum atomic E-state index is -3.42. The average Bonchev–Trinajstić information content (AvgIpc) is 3.32. The van der Waals surface area contributed by atoms with Crippen molar-refractivity contribution in [1.29, 1.82) is 0 Å². The lowest BCUT2D eigenvalue weighted by atomic mass is 10.3. The lowest BCUT2D eigenvalue weighted by Gasteiger charge is -2.06. The maximum Gasteiger partial charge on any atom is 0.221 e. The lowest BCUT2D eigenvalue weighted by Crippen LogP contribution is -2.27. The second kappa shape index (κ2) is 8.33. The molecule has 1 aromatic carbocycles. The summed E-state index contributed by atoms with van der Waals surface area (Å²) < 4.78 is 29.4. The van der Waals surface area contributed by atoms with E-state index in [0.29, 0.717) is 13.0 Å². The van der Waals surface area contributed by atoms with E-state index in [1.807, 2.05) is 18.2 Å². The SMILES string of the molecule is O=C(CCS(=O)(=O)c1ccccc1)NCCc1ccc(-c2ccoc2)s1. The molecule has 5 nitrogen and oxygen atoms in total. The fourth-order valence-corrected chi connectivity index (χ4v) is 4.71. The highest BCUT2D eigenvalue weighted by Crippen LogP contribution is 2.28. The van der Waals surface area contributed by atoms with Crippen LogP contribution in [-0.4, -0.2) is 26.6 Å². The van der Waals surface area contributed by atoms with Gasteiger partial charge in [0.25, 0.3) is 0 Å². The molecule has 26 heavy (non-hydrogen) atoms. The van der Waals surface area contributed by atoms with Crippen LogP contribution in [0.3, 0.4) is 0 Å². The van der Waals surface area contributed by atoms with Crippen molar-refractivity contribution in [2.45, 2.75) is 17.7 Å². The van der Waals surface area contributed by atoms with Gasteiger partial charge in [0.2, 0.25) is 5.91 Å². The Labute approximate surface area is 156 Å². The van der Waals surface area contributed by atoms with Gasteiger partial charge in [-0.3, -0.25) is 4.79 Å². The molecular formula is C19H19NO4S2. The maximum atomic E-state index is 12.2. The van der Waals surface area contributed by atoms with Crippen LogP contribution >= 0.6 is 11.3 Å². The lowest BCUT2D eigenvalue weighted by molar-refractivity contribution is -0.120. The number of sulfone groups is 1. The molecule has 1 N–H and O–H groups in total. The highest BCUT2D eigenvalue weighted by molar-refractivity contribution is 7.91. The number of carbonyl (C=O) groups is 1. The molecule has 0 aliphatic heterocycles. The quantitative estimate of drug-likeness (QED) is 0.639. The zero-order valence-corrected chi connectivity index (χ0v) is 15.7. The van der Waals surface area contributed by atoms with E-state index >= 15 is 0 Å². The number of furan rings is 1. The van der Waals surface area contributed by atoms with Gasteiger partial charge >= 0.3 is 0 Å². The number of thiophene rings is 1. The molecule has 0 atom stereocenters. The monoisotopic (exact) mass is 389 g/mol. The van der Waals surface area contributed by atoms with Crippen LogP contribution in [0.4, 0.5) is 0 Å². The fraction of sp³-hybridized carbons (Fsp3) is 0.211. The van der Waals surface area contributed by atoms with Crippen LogP contribution in [0.1, 0.15) is 11.3 Å². The van der Waals surface area contributed by atoms with E-state index in [2.05, 4.69) is 5.32 Å². The van der Waals surface area contributed by atoms with Crippen molar-refractivity contribution in [3.63, 3.8) is 0 Å². The molecule has 136 valence electrons. The number of carbonyl (C=O) groups excluding carboxylic acids is 1. The van der Waals surface area contributed by atoms with Gasteiger partial charge in [-0.05, 0) is 36.8 Å². The molecule has 0 radical (unpaired) electrons. The molecule has 7 heteroatoms. The van der Waals surface area contributed by atoms with Crippen molar-refractivity contribution in [1.82, 2.24) is 5.32 Å². The Morgan fingerprint density at radius 3 is 2.62 bits per heavy atom. The van der Waals surface area contributed by atoms with Gasteiger partial charge in [-0.25, -0.2) is 8.42 Å². The predicted octanol–water partition coefficient (Wildman–Crippen LogP) is 3.53. The molecule has 0 spiro atoms. The molecule has 0 saturated carbocycles. The molecule has 1 amide bonds. The highest BCUT2D eigenvalue weighted by Gasteiger charge is 2.15. The third-order valence-electron chi connectivity index (χ3n) is 3.86. The van der Waals surface area contributed by atoms with Crippen LogP contribution in [0.25, 0.3) is 10.4 Å². The van der Waals surface area contributed by atoms with Crippen LogP contribution < -0.4 is 5.32 Å². The summed E-state index contributed by atoms with van der Waals surface area (Å²) in [6.45, 7) is 0.482. The van der Waals surface area contributed by atoms with E-state index in [9.17, 15) is 13.2 Å². The summed E-state index contributed by atoms with van der Waals surface area (Å²) in [4.78, 5) is 14.4. The maximum absolute atomic E-state index is 12.2. The number of rotatable bonds is 8. The summed E-state index contributed by atoms with van der Waals surface area (Å²) in [5.41, 5.74) is 1.04. The molecule has 0 bridgehead atoms. The largest absolute Gasteiger partial charge is 0.472 e. The molecular weight excluding hydrogens is 370 g/mol.